The van der Waals surface area contributed by atoms with Crippen LogP contribution in [0.3, 0.4) is 0 Å². The van der Waals surface area contributed by atoms with E-state index < -0.39 is 26.5 Å². The van der Waals surface area contributed by atoms with E-state index >= 15 is 0 Å². The Balaban J connectivity index is 1.96. The zero-order chi connectivity index (χ0) is 17.7. The van der Waals surface area contributed by atoms with Gasteiger partial charge in [0.05, 0.1) is 4.90 Å². The van der Waals surface area contributed by atoms with Crippen LogP contribution >= 0.6 is 0 Å². The first-order valence-electron chi connectivity index (χ1n) is 7.02. The molecule has 8 heteroatoms. The maximum absolute atomic E-state index is 12.4. The van der Waals surface area contributed by atoms with E-state index in [1.807, 2.05) is 31.2 Å². The molecule has 0 saturated heterocycles. The van der Waals surface area contributed by atoms with Gasteiger partial charge in [-0.1, -0.05) is 24.3 Å². The molecule has 128 valence electrons. The molecule has 2 aromatic rings. The van der Waals surface area contributed by atoms with Crippen molar-refractivity contribution in [2.24, 2.45) is 0 Å². The van der Waals surface area contributed by atoms with E-state index in [-0.39, 0.29) is 0 Å². The Morgan fingerprint density at radius 3 is 2.29 bits per heavy atom. The van der Waals surface area contributed by atoms with Crippen LogP contribution in [0.5, 0.6) is 0 Å². The highest BCUT2D eigenvalue weighted by atomic mass is 32.2. The molecule has 0 aliphatic carbocycles. The van der Waals surface area contributed by atoms with Gasteiger partial charge in [0.25, 0.3) is 0 Å². The van der Waals surface area contributed by atoms with Crippen molar-refractivity contribution in [1.29, 1.82) is 0 Å². The quantitative estimate of drug-likeness (QED) is 0.865. The number of benzene rings is 2. The second-order valence-electron chi connectivity index (χ2n) is 5.06. The first-order chi connectivity index (χ1) is 11.3. The van der Waals surface area contributed by atoms with Crippen molar-refractivity contribution < 1.29 is 22.0 Å². The van der Waals surface area contributed by atoms with Crippen LogP contribution in [-0.2, 0) is 16.4 Å². The fraction of sp³-hybridized carbons (Fsp3) is 0.188. The summed E-state index contributed by atoms with van der Waals surface area (Å²) in [7, 11) is -4.63. The molecule has 0 unspecified atom stereocenters. The van der Waals surface area contributed by atoms with Crippen LogP contribution in [0.15, 0.2) is 53.4 Å². The highest BCUT2D eigenvalue weighted by molar-refractivity contribution is 7.91. The predicted octanol–water partition coefficient (Wildman–Crippen LogP) is 3.31. The third-order valence-corrected chi connectivity index (χ3v) is 4.77. The Morgan fingerprint density at radius 2 is 1.71 bits per heavy atom. The summed E-state index contributed by atoms with van der Waals surface area (Å²) in [5, 5.41) is 5.17. The summed E-state index contributed by atoms with van der Waals surface area (Å²) in [4.78, 5) is 11.3. The van der Waals surface area contributed by atoms with Crippen LogP contribution in [0.4, 0.5) is 19.3 Å². The molecule has 2 rings (SSSR count). The number of hydrogen-bond donors (Lipinski definition) is 2. The fourth-order valence-corrected chi connectivity index (χ4v) is 2.71. The van der Waals surface area contributed by atoms with Crippen LogP contribution in [-0.4, -0.2) is 20.2 Å². The van der Waals surface area contributed by atoms with Crippen molar-refractivity contribution in [1.82, 2.24) is 5.32 Å². The van der Waals surface area contributed by atoms with Gasteiger partial charge in [0.15, 0.2) is 0 Å². The van der Waals surface area contributed by atoms with E-state index in [0.717, 1.165) is 23.3 Å². The molecule has 0 heterocycles. The molecule has 0 spiro atoms. The van der Waals surface area contributed by atoms with Gasteiger partial charge in [-0.05, 0) is 42.3 Å². The smallest absolute Gasteiger partial charge is 0.334 e. The van der Waals surface area contributed by atoms with E-state index in [1.165, 1.54) is 12.1 Å². The number of sulfone groups is 1. The molecule has 0 fully saturated rings. The van der Waals surface area contributed by atoms with Gasteiger partial charge in [0.2, 0.25) is 9.84 Å². The average Bonchev–Trinajstić information content (AvgIpc) is 2.54. The molecule has 0 saturated carbocycles. The van der Waals surface area contributed by atoms with Gasteiger partial charge in [-0.2, -0.15) is 8.78 Å². The molecule has 2 aromatic carbocycles. The average molecular weight is 354 g/mol. The normalized spacial score (nSPS) is 11.3. The second kappa shape index (κ2) is 7.39. The summed E-state index contributed by atoms with van der Waals surface area (Å²) in [6.07, 6.45) is 0. The van der Waals surface area contributed by atoms with E-state index in [9.17, 15) is 22.0 Å². The molecule has 0 aromatic heterocycles. The lowest BCUT2D eigenvalue weighted by Crippen LogP contribution is -2.28. The van der Waals surface area contributed by atoms with Crippen molar-refractivity contribution in [2.45, 2.75) is 24.1 Å². The number of hydrogen-bond acceptors (Lipinski definition) is 3. The van der Waals surface area contributed by atoms with Gasteiger partial charge in [-0.25, -0.2) is 13.2 Å². The topological polar surface area (TPSA) is 75.3 Å². The van der Waals surface area contributed by atoms with Gasteiger partial charge in [0.1, 0.15) is 0 Å². The zero-order valence-corrected chi connectivity index (χ0v) is 13.6. The first kappa shape index (κ1) is 17.9. The zero-order valence-electron chi connectivity index (χ0n) is 12.8. The maximum Gasteiger partial charge on any atom is 0.341 e. The van der Waals surface area contributed by atoms with Crippen LogP contribution in [0, 0.1) is 6.92 Å². The number of carbonyl (C=O) groups excluding carboxylic acids is 1. The van der Waals surface area contributed by atoms with Gasteiger partial charge >= 0.3 is 11.8 Å². The number of anilines is 1. The third kappa shape index (κ3) is 4.29. The van der Waals surface area contributed by atoms with Crippen LogP contribution in [0.2, 0.25) is 0 Å². The molecule has 0 bridgehead atoms. The third-order valence-electron chi connectivity index (χ3n) is 3.38. The number of aryl methyl sites for hydroxylation is 1. The maximum atomic E-state index is 12.4. The summed E-state index contributed by atoms with van der Waals surface area (Å²) in [5.41, 5.74) is 2.30. The molecule has 5 nitrogen and oxygen atoms in total. The molecule has 2 amide bonds. The molecule has 0 atom stereocenters. The van der Waals surface area contributed by atoms with Crippen molar-refractivity contribution in [3.05, 3.63) is 59.7 Å². The summed E-state index contributed by atoms with van der Waals surface area (Å²) < 4.78 is 47.5. The summed E-state index contributed by atoms with van der Waals surface area (Å²) >= 11 is 0. The standard InChI is InChI=1S/C16H16F2N2O3S/c1-11-4-2-3-5-12(11)10-19-16(21)20-13-6-8-14(9-7-13)24(22,23)15(17)18/h2-9,15H,10H2,1H3,(H2,19,20,21). The number of carbonyl (C=O) groups is 1. The lowest BCUT2D eigenvalue weighted by Gasteiger charge is -2.10. The highest BCUT2D eigenvalue weighted by Gasteiger charge is 2.26. The van der Waals surface area contributed by atoms with Gasteiger partial charge in [-0.3, -0.25) is 0 Å². The van der Waals surface area contributed by atoms with E-state index in [4.69, 9.17) is 0 Å². The monoisotopic (exact) mass is 354 g/mol. The van der Waals surface area contributed by atoms with Crippen LogP contribution in [0.1, 0.15) is 11.1 Å². The molecule has 2 N–H and O–H groups in total. The molecule has 0 aliphatic rings. The van der Waals surface area contributed by atoms with Crippen molar-refractivity contribution in [3.8, 4) is 0 Å². The van der Waals surface area contributed by atoms with Crippen molar-refractivity contribution in [3.63, 3.8) is 0 Å². The summed E-state index contributed by atoms with van der Waals surface area (Å²) in [6, 6.07) is 11.7. The number of halogens is 2. The lowest BCUT2D eigenvalue weighted by atomic mass is 10.1. The number of nitrogens with one attached hydrogen (secondary N) is 2. The SMILES string of the molecule is Cc1ccccc1CNC(=O)Nc1ccc(S(=O)(=O)C(F)F)cc1. The minimum Gasteiger partial charge on any atom is -0.334 e. The lowest BCUT2D eigenvalue weighted by molar-refractivity contribution is 0.234. The number of urea groups is 1. The van der Waals surface area contributed by atoms with Crippen molar-refractivity contribution in [2.75, 3.05) is 5.32 Å². The van der Waals surface area contributed by atoms with E-state index in [0.29, 0.717) is 12.2 Å². The Bertz CT molecular complexity index is 821. The number of amides is 2. The van der Waals surface area contributed by atoms with Gasteiger partial charge in [-0.15, -0.1) is 0 Å². The van der Waals surface area contributed by atoms with Crippen LogP contribution in [0.25, 0.3) is 0 Å². The highest BCUT2D eigenvalue weighted by Crippen LogP contribution is 2.20. The Kier molecular flexibility index (Phi) is 5.50. The summed E-state index contributed by atoms with van der Waals surface area (Å²) in [6.45, 7) is 2.26. The predicted molar refractivity (Wildman–Crippen MR) is 86.7 cm³/mol. The Hall–Kier alpha value is -2.48. The minimum atomic E-state index is -4.63. The largest absolute Gasteiger partial charge is 0.341 e. The number of alkyl halides is 2. The van der Waals surface area contributed by atoms with Gasteiger partial charge < -0.3 is 10.6 Å². The van der Waals surface area contributed by atoms with Crippen molar-refractivity contribution >= 4 is 21.6 Å². The second-order valence-corrected chi connectivity index (χ2v) is 6.98. The molecular weight excluding hydrogens is 338 g/mol. The van der Waals surface area contributed by atoms with E-state index in [2.05, 4.69) is 10.6 Å². The molecular formula is C16H16F2N2O3S. The first-order valence-corrected chi connectivity index (χ1v) is 8.57. The molecule has 24 heavy (non-hydrogen) atoms. The Labute approximate surface area is 138 Å². The van der Waals surface area contributed by atoms with E-state index in [1.54, 1.807) is 0 Å². The fourth-order valence-electron chi connectivity index (χ4n) is 1.99. The molecule has 0 aliphatic heterocycles. The summed E-state index contributed by atoms with van der Waals surface area (Å²) in [5.74, 6) is -3.48. The van der Waals surface area contributed by atoms with Gasteiger partial charge in [0, 0.05) is 12.2 Å². The minimum absolute atomic E-state index is 0.297. The number of rotatable bonds is 5. The van der Waals surface area contributed by atoms with Crippen LogP contribution < -0.4 is 10.6 Å². The molecule has 0 radical (unpaired) electrons. The Morgan fingerprint density at radius 1 is 1.08 bits per heavy atom.